The number of unbranched alkanes of at least 4 members (excludes halogenated alkanes) is 13. The van der Waals surface area contributed by atoms with Crippen LogP contribution in [0, 0.1) is 0 Å². The Morgan fingerprint density at radius 1 is 0.449 bits per heavy atom. The summed E-state index contributed by atoms with van der Waals surface area (Å²) in [4.78, 5) is 34.9. The van der Waals surface area contributed by atoms with Crippen molar-refractivity contribution in [1.29, 1.82) is 0 Å². The maximum atomic E-state index is 12.6. The molecule has 0 heterocycles. The average Bonchev–Trinajstić information content (AvgIpc) is 3.34. The third kappa shape index (κ3) is 53.4. The van der Waals surface area contributed by atoms with Crippen molar-refractivity contribution in [2.24, 2.45) is 5.73 Å². The molecule has 0 aromatic rings. The number of ether oxygens (including phenoxy) is 2. The van der Waals surface area contributed by atoms with E-state index in [0.717, 1.165) is 141 Å². The van der Waals surface area contributed by atoms with Crippen molar-refractivity contribution in [2.75, 3.05) is 26.4 Å². The molecule has 69 heavy (non-hydrogen) atoms. The molecule has 10 heteroatoms. The molecule has 0 saturated carbocycles. The summed E-state index contributed by atoms with van der Waals surface area (Å²) < 4.78 is 32.8. The minimum Gasteiger partial charge on any atom is -0.462 e. The van der Waals surface area contributed by atoms with Gasteiger partial charge in [0.05, 0.1) is 13.2 Å². The van der Waals surface area contributed by atoms with Gasteiger partial charge >= 0.3 is 19.8 Å². The Kier molecular flexibility index (Phi) is 50.5. The maximum Gasteiger partial charge on any atom is 0.472 e. The number of carbonyl (C=O) groups is 2. The Bertz CT molecular complexity index is 1580. The lowest BCUT2D eigenvalue weighted by atomic mass is 10.1. The Morgan fingerprint density at radius 3 is 1.20 bits per heavy atom. The Labute approximate surface area is 421 Å². The van der Waals surface area contributed by atoms with Crippen LogP contribution < -0.4 is 5.73 Å². The highest BCUT2D eigenvalue weighted by Gasteiger charge is 2.26. The molecule has 0 aliphatic rings. The van der Waals surface area contributed by atoms with E-state index >= 15 is 0 Å². The van der Waals surface area contributed by atoms with Crippen LogP contribution in [0.4, 0.5) is 0 Å². The zero-order valence-corrected chi connectivity index (χ0v) is 44.1. The predicted octanol–water partition coefficient (Wildman–Crippen LogP) is 16.6. The van der Waals surface area contributed by atoms with Gasteiger partial charge in [0.2, 0.25) is 0 Å². The Balaban J connectivity index is 4.04. The van der Waals surface area contributed by atoms with E-state index in [2.05, 4.69) is 148 Å². The second-order valence-electron chi connectivity index (χ2n) is 17.0. The molecule has 0 aromatic heterocycles. The van der Waals surface area contributed by atoms with Crippen LogP contribution in [-0.2, 0) is 32.7 Å². The van der Waals surface area contributed by atoms with Crippen molar-refractivity contribution in [1.82, 2.24) is 0 Å². The van der Waals surface area contributed by atoms with E-state index in [1.807, 2.05) is 0 Å². The summed E-state index contributed by atoms with van der Waals surface area (Å²) in [7, 11) is -4.39. The van der Waals surface area contributed by atoms with E-state index in [0.29, 0.717) is 12.8 Å². The molecule has 0 aliphatic carbocycles. The maximum absolute atomic E-state index is 12.6. The van der Waals surface area contributed by atoms with Crippen LogP contribution in [0.15, 0.2) is 134 Å². The van der Waals surface area contributed by atoms with Crippen LogP contribution in [0.2, 0.25) is 0 Å². The number of phosphoric ester groups is 1. The second-order valence-corrected chi connectivity index (χ2v) is 18.5. The number of hydrogen-bond donors (Lipinski definition) is 2. The van der Waals surface area contributed by atoms with E-state index in [-0.39, 0.29) is 32.6 Å². The molecule has 2 atom stereocenters. The van der Waals surface area contributed by atoms with Crippen LogP contribution in [0.25, 0.3) is 0 Å². The first-order valence-corrected chi connectivity index (χ1v) is 28.2. The SMILES string of the molecule is CC/C=C\C/C=C\C/C=C\C/C=C\C/C=C\C/C=C\C/C=C\C/C=C\C/C=C\C/C=C\CCCCCCCCC(=O)OC(COC(=O)CCCCCCC/C=C\CCCC)COP(=O)(O)OCCN. The lowest BCUT2D eigenvalue weighted by molar-refractivity contribution is -0.161. The first kappa shape index (κ1) is 65.1. The van der Waals surface area contributed by atoms with Crippen molar-refractivity contribution in [3.63, 3.8) is 0 Å². The highest BCUT2D eigenvalue weighted by Crippen LogP contribution is 2.43. The van der Waals surface area contributed by atoms with Gasteiger partial charge in [-0.1, -0.05) is 205 Å². The molecule has 0 aromatic carbocycles. The fourth-order valence-electron chi connectivity index (χ4n) is 6.58. The van der Waals surface area contributed by atoms with E-state index < -0.39 is 32.5 Å². The molecule has 2 unspecified atom stereocenters. The molecule has 0 radical (unpaired) electrons. The first-order chi connectivity index (χ1) is 33.8. The van der Waals surface area contributed by atoms with Crippen molar-refractivity contribution in [3.8, 4) is 0 Å². The van der Waals surface area contributed by atoms with Crippen LogP contribution in [0.3, 0.4) is 0 Å². The molecule has 0 fully saturated rings. The minimum absolute atomic E-state index is 0.0429. The van der Waals surface area contributed by atoms with Crippen molar-refractivity contribution >= 4 is 19.8 Å². The summed E-state index contributed by atoms with van der Waals surface area (Å²) in [6.07, 6.45) is 75.1. The van der Waals surface area contributed by atoms with Crippen LogP contribution in [-0.4, -0.2) is 49.3 Å². The van der Waals surface area contributed by atoms with E-state index in [4.69, 9.17) is 24.3 Å². The van der Waals surface area contributed by atoms with E-state index in [1.165, 1.54) is 12.8 Å². The third-order valence-electron chi connectivity index (χ3n) is 10.5. The first-order valence-electron chi connectivity index (χ1n) is 26.7. The summed E-state index contributed by atoms with van der Waals surface area (Å²) in [5.41, 5.74) is 5.36. The van der Waals surface area contributed by atoms with Gasteiger partial charge in [-0.05, 0) is 109 Å². The molecule has 9 nitrogen and oxygen atoms in total. The largest absolute Gasteiger partial charge is 0.472 e. The Morgan fingerprint density at radius 2 is 0.797 bits per heavy atom. The number of nitrogens with two attached hydrogens (primary N) is 1. The van der Waals surface area contributed by atoms with Crippen LogP contribution in [0.1, 0.15) is 194 Å². The van der Waals surface area contributed by atoms with Crippen molar-refractivity contribution < 1.29 is 37.6 Å². The van der Waals surface area contributed by atoms with Crippen molar-refractivity contribution in [3.05, 3.63) is 134 Å². The normalized spacial score (nSPS) is 14.2. The number of phosphoric acid groups is 1. The fourth-order valence-corrected chi connectivity index (χ4v) is 7.35. The molecule has 390 valence electrons. The molecule has 0 amide bonds. The summed E-state index contributed by atoms with van der Waals surface area (Å²) in [6, 6.07) is 0. The van der Waals surface area contributed by atoms with Gasteiger partial charge in [0.25, 0.3) is 0 Å². The zero-order chi connectivity index (χ0) is 50.2. The highest BCUT2D eigenvalue weighted by atomic mass is 31.2. The lowest BCUT2D eigenvalue weighted by Crippen LogP contribution is -2.29. The van der Waals surface area contributed by atoms with Gasteiger partial charge in [0.1, 0.15) is 6.61 Å². The summed E-state index contributed by atoms with van der Waals surface area (Å²) in [6.45, 7) is 3.53. The lowest BCUT2D eigenvalue weighted by Gasteiger charge is -2.19. The third-order valence-corrected chi connectivity index (χ3v) is 11.5. The number of hydrogen-bond acceptors (Lipinski definition) is 8. The van der Waals surface area contributed by atoms with Crippen LogP contribution in [0.5, 0.6) is 0 Å². The summed E-state index contributed by atoms with van der Waals surface area (Å²) in [5.74, 6) is -0.868. The van der Waals surface area contributed by atoms with Gasteiger partial charge in [-0.25, -0.2) is 4.57 Å². The van der Waals surface area contributed by atoms with Gasteiger partial charge in [0.15, 0.2) is 6.10 Å². The topological polar surface area (TPSA) is 134 Å². The number of esters is 2. The van der Waals surface area contributed by atoms with Crippen molar-refractivity contribution in [2.45, 2.75) is 200 Å². The Hall–Kier alpha value is -3.85. The predicted molar refractivity (Wildman–Crippen MR) is 293 cm³/mol. The van der Waals surface area contributed by atoms with E-state index in [1.54, 1.807) is 0 Å². The summed E-state index contributed by atoms with van der Waals surface area (Å²) in [5, 5.41) is 0. The quantitative estimate of drug-likeness (QED) is 0.0264. The standard InChI is InChI=1S/C59H96NO8P/c1-3-5-7-9-11-13-15-16-17-18-19-20-21-22-23-24-25-26-27-28-29-30-31-32-33-34-35-36-37-38-39-40-42-44-46-48-50-52-59(62)68-57(56-67-69(63,64)66-54-53-60)55-65-58(61)51-49-47-45-43-41-14-12-10-8-6-4-2/h5,7,10-13,16-17,19-20,22-23,25-26,28-29,31-32,34-35,37-38,57H,3-4,6,8-9,14-15,18,21,24,27,30,33,36,39-56,60H2,1-2H3,(H,63,64)/b7-5-,12-10-,13-11-,17-16-,20-19-,23-22-,26-25-,29-28-,32-31-,35-34-,38-37-. The smallest absolute Gasteiger partial charge is 0.462 e. The minimum atomic E-state index is -4.39. The fraction of sp³-hybridized carbons (Fsp3) is 0.593. The molecule has 0 aliphatic heterocycles. The zero-order valence-electron chi connectivity index (χ0n) is 43.2. The van der Waals surface area contributed by atoms with Gasteiger partial charge in [-0.2, -0.15) is 0 Å². The summed E-state index contributed by atoms with van der Waals surface area (Å²) >= 11 is 0. The molecular formula is C59H96NO8P. The van der Waals surface area contributed by atoms with Gasteiger partial charge in [0, 0.05) is 19.4 Å². The van der Waals surface area contributed by atoms with Gasteiger partial charge in [-0.15, -0.1) is 0 Å². The highest BCUT2D eigenvalue weighted by molar-refractivity contribution is 7.47. The van der Waals surface area contributed by atoms with Gasteiger partial charge in [-0.3, -0.25) is 18.6 Å². The molecular weight excluding hydrogens is 882 g/mol. The van der Waals surface area contributed by atoms with E-state index in [9.17, 15) is 19.0 Å². The van der Waals surface area contributed by atoms with Gasteiger partial charge < -0.3 is 20.1 Å². The number of carbonyl (C=O) groups excluding carboxylic acids is 2. The molecule has 0 bridgehead atoms. The molecule has 0 rings (SSSR count). The monoisotopic (exact) mass is 978 g/mol. The molecule has 3 N–H and O–H groups in total. The molecule has 0 spiro atoms. The number of allylic oxidation sites excluding steroid dienone is 22. The second kappa shape index (κ2) is 53.5. The van der Waals surface area contributed by atoms with Crippen LogP contribution >= 0.6 is 7.82 Å². The number of rotatable bonds is 48. The molecule has 0 saturated heterocycles. The average molecular weight is 978 g/mol.